The second kappa shape index (κ2) is 5.85. The Morgan fingerprint density at radius 3 is 2.90 bits per heavy atom. The van der Waals surface area contributed by atoms with Crippen LogP contribution in [0.2, 0.25) is 0 Å². The Morgan fingerprint density at radius 2 is 2.24 bits per heavy atom. The van der Waals surface area contributed by atoms with E-state index in [4.69, 9.17) is 0 Å². The molecule has 0 radical (unpaired) electrons. The molecule has 1 heterocycles. The maximum absolute atomic E-state index is 11.5. The monoisotopic (exact) mass is 289 g/mol. The molecule has 0 saturated heterocycles. The zero-order valence-electron chi connectivity index (χ0n) is 11.0. The summed E-state index contributed by atoms with van der Waals surface area (Å²) in [5.41, 5.74) is 1.19. The van der Waals surface area contributed by atoms with Crippen molar-refractivity contribution in [2.24, 2.45) is 12.0 Å². The van der Waals surface area contributed by atoms with Gasteiger partial charge in [0.15, 0.2) is 0 Å². The molecule has 108 valence electrons. The number of imidazole rings is 1. The number of isocyanates is 1. The van der Waals surface area contributed by atoms with E-state index in [-0.39, 0.29) is 17.9 Å². The van der Waals surface area contributed by atoms with Gasteiger partial charge in [-0.2, -0.15) is 4.99 Å². The Hall–Kier alpha value is -3.19. The number of rotatable bonds is 4. The van der Waals surface area contributed by atoms with Gasteiger partial charge in [0.25, 0.3) is 0 Å². The number of fused-ring (bicyclic) bond motifs is 1. The first kappa shape index (κ1) is 14.2. The number of urea groups is 1. The zero-order chi connectivity index (χ0) is 15.4. The Kier molecular flexibility index (Phi) is 3.96. The lowest BCUT2D eigenvalue weighted by atomic mass is 10.1. The van der Waals surface area contributed by atoms with Crippen molar-refractivity contribution >= 4 is 34.8 Å². The van der Waals surface area contributed by atoms with E-state index >= 15 is 0 Å². The van der Waals surface area contributed by atoms with E-state index in [1.165, 1.54) is 18.5 Å². The number of aromatic carboxylic acids is 1. The lowest BCUT2D eigenvalue weighted by Crippen LogP contribution is -2.28. The summed E-state index contributed by atoms with van der Waals surface area (Å²) in [7, 11) is 1.68. The van der Waals surface area contributed by atoms with Crippen molar-refractivity contribution in [2.45, 2.75) is 0 Å². The second-order valence-corrected chi connectivity index (χ2v) is 4.09. The van der Waals surface area contributed by atoms with E-state index in [0.717, 1.165) is 0 Å². The van der Waals surface area contributed by atoms with Crippen molar-refractivity contribution in [1.29, 1.82) is 0 Å². The molecule has 9 heteroatoms. The highest BCUT2D eigenvalue weighted by molar-refractivity contribution is 6.04. The van der Waals surface area contributed by atoms with Crippen LogP contribution in [0.4, 0.5) is 10.5 Å². The predicted octanol–water partition coefficient (Wildman–Crippen LogP) is 0.686. The minimum Gasteiger partial charge on any atom is -0.478 e. The largest absolute Gasteiger partial charge is 0.478 e. The van der Waals surface area contributed by atoms with Crippen LogP contribution in [0.15, 0.2) is 23.5 Å². The molecular weight excluding hydrogens is 278 g/mol. The van der Waals surface area contributed by atoms with Gasteiger partial charge in [0, 0.05) is 12.7 Å². The molecule has 0 fully saturated rings. The molecule has 0 unspecified atom stereocenters. The zero-order valence-corrected chi connectivity index (χ0v) is 11.0. The Bertz CT molecular complexity index is 760. The summed E-state index contributed by atoms with van der Waals surface area (Å²) >= 11 is 0. The predicted molar refractivity (Wildman–Crippen MR) is 72.8 cm³/mol. The number of carboxylic acids is 1. The van der Waals surface area contributed by atoms with E-state index in [0.29, 0.717) is 11.0 Å². The average molecular weight is 289 g/mol. The molecule has 2 rings (SSSR count). The molecule has 2 aromatic rings. The number of carboxylic acid groups (broad SMARTS) is 1. The Morgan fingerprint density at radius 1 is 1.48 bits per heavy atom. The van der Waals surface area contributed by atoms with Gasteiger partial charge in [-0.25, -0.2) is 19.4 Å². The van der Waals surface area contributed by atoms with E-state index in [2.05, 4.69) is 20.6 Å². The van der Waals surface area contributed by atoms with Gasteiger partial charge >= 0.3 is 12.0 Å². The van der Waals surface area contributed by atoms with Crippen LogP contribution in [0.25, 0.3) is 11.0 Å². The molecule has 1 aromatic heterocycles. The number of aromatic nitrogens is 2. The number of nitrogens with one attached hydrogen (secondary N) is 2. The summed E-state index contributed by atoms with van der Waals surface area (Å²) in [5, 5.41) is 14.0. The minimum atomic E-state index is -1.13. The number of amides is 2. The number of benzene rings is 1. The molecule has 0 saturated carbocycles. The summed E-state index contributed by atoms with van der Waals surface area (Å²) < 4.78 is 1.58. The van der Waals surface area contributed by atoms with Gasteiger partial charge in [0.2, 0.25) is 6.08 Å². The maximum Gasteiger partial charge on any atom is 0.337 e. The summed E-state index contributed by atoms with van der Waals surface area (Å²) in [6, 6.07) is 2.25. The molecule has 3 N–H and O–H groups in total. The number of nitrogens with zero attached hydrogens (tertiary/aromatic N) is 3. The smallest absolute Gasteiger partial charge is 0.337 e. The summed E-state index contributed by atoms with van der Waals surface area (Å²) in [6.07, 6.45) is 2.77. The SMILES string of the molecule is Cn1cnc2cc(NC(=O)NCN=C=O)cc(C(=O)O)c21. The van der Waals surface area contributed by atoms with Crippen LogP contribution in [-0.2, 0) is 11.8 Å². The third kappa shape index (κ3) is 3.04. The highest BCUT2D eigenvalue weighted by Crippen LogP contribution is 2.23. The van der Waals surface area contributed by atoms with Crippen molar-refractivity contribution in [3.63, 3.8) is 0 Å². The van der Waals surface area contributed by atoms with Gasteiger partial charge in [-0.15, -0.1) is 0 Å². The van der Waals surface area contributed by atoms with Gasteiger partial charge in [0.05, 0.1) is 22.9 Å². The van der Waals surface area contributed by atoms with E-state index < -0.39 is 12.0 Å². The molecule has 0 aliphatic rings. The third-order valence-corrected chi connectivity index (χ3v) is 2.68. The first-order valence-electron chi connectivity index (χ1n) is 5.79. The molecule has 2 amide bonds. The highest BCUT2D eigenvalue weighted by atomic mass is 16.4. The summed E-state index contributed by atoms with van der Waals surface area (Å²) in [4.78, 5) is 39.9. The van der Waals surface area contributed by atoms with Crippen molar-refractivity contribution in [2.75, 3.05) is 12.0 Å². The van der Waals surface area contributed by atoms with E-state index in [1.807, 2.05) is 0 Å². The normalized spacial score (nSPS) is 9.95. The highest BCUT2D eigenvalue weighted by Gasteiger charge is 2.15. The van der Waals surface area contributed by atoms with Crippen LogP contribution in [-0.4, -0.2) is 39.4 Å². The number of anilines is 1. The lowest BCUT2D eigenvalue weighted by molar-refractivity contribution is 0.0698. The van der Waals surface area contributed by atoms with Crippen LogP contribution < -0.4 is 10.6 Å². The van der Waals surface area contributed by atoms with Gasteiger partial charge in [-0.3, -0.25) is 0 Å². The molecule has 0 aliphatic heterocycles. The molecule has 0 spiro atoms. The van der Waals surface area contributed by atoms with Crippen LogP contribution >= 0.6 is 0 Å². The second-order valence-electron chi connectivity index (χ2n) is 4.09. The van der Waals surface area contributed by atoms with Crippen LogP contribution in [0.3, 0.4) is 0 Å². The number of hydrogen-bond donors (Lipinski definition) is 3. The first-order valence-corrected chi connectivity index (χ1v) is 5.79. The van der Waals surface area contributed by atoms with E-state index in [9.17, 15) is 19.5 Å². The molecule has 21 heavy (non-hydrogen) atoms. The molecule has 0 atom stereocenters. The van der Waals surface area contributed by atoms with Crippen LogP contribution in [0.5, 0.6) is 0 Å². The number of carbonyl (C=O) groups excluding carboxylic acids is 2. The fourth-order valence-electron chi connectivity index (χ4n) is 1.85. The number of aliphatic imine (C=N–C) groups is 1. The average Bonchev–Trinajstić information content (AvgIpc) is 2.80. The first-order chi connectivity index (χ1) is 10.0. The standard InChI is InChI=1S/C12H11N5O4/c1-17-5-15-9-3-7(2-8(10(9)17)11(19)20)16-12(21)14-4-13-6-18/h2-3,5H,4H2,1H3,(H,19,20)(H2,14,16,21). The molecule has 0 bridgehead atoms. The van der Waals surface area contributed by atoms with Gasteiger partial charge in [0.1, 0.15) is 6.67 Å². The number of aryl methyl sites for hydroxylation is 1. The Labute approximate surface area is 118 Å². The molecule has 9 nitrogen and oxygen atoms in total. The van der Waals surface area contributed by atoms with Crippen molar-refractivity contribution in [1.82, 2.24) is 14.9 Å². The van der Waals surface area contributed by atoms with Crippen LogP contribution in [0.1, 0.15) is 10.4 Å². The third-order valence-electron chi connectivity index (χ3n) is 2.68. The topological polar surface area (TPSA) is 126 Å². The quantitative estimate of drug-likeness (QED) is 0.564. The van der Waals surface area contributed by atoms with Gasteiger partial charge < -0.3 is 20.3 Å². The van der Waals surface area contributed by atoms with Crippen molar-refractivity contribution in [3.05, 3.63) is 24.0 Å². The van der Waals surface area contributed by atoms with Gasteiger partial charge in [-0.05, 0) is 12.1 Å². The van der Waals surface area contributed by atoms with Crippen molar-refractivity contribution < 1.29 is 19.5 Å². The maximum atomic E-state index is 11.5. The van der Waals surface area contributed by atoms with Gasteiger partial charge in [-0.1, -0.05) is 0 Å². The van der Waals surface area contributed by atoms with E-state index in [1.54, 1.807) is 17.7 Å². The minimum absolute atomic E-state index is 0.0220. The molecule has 0 aliphatic carbocycles. The summed E-state index contributed by atoms with van der Waals surface area (Å²) in [6.45, 7) is -0.215. The van der Waals surface area contributed by atoms with Crippen LogP contribution in [0, 0.1) is 0 Å². The lowest BCUT2D eigenvalue weighted by Gasteiger charge is -2.08. The molecule has 1 aromatic carbocycles. The fourth-order valence-corrected chi connectivity index (χ4v) is 1.85. The Balaban J connectivity index is 2.31. The summed E-state index contributed by atoms with van der Waals surface area (Å²) in [5.74, 6) is -1.13. The number of hydrogen-bond acceptors (Lipinski definition) is 5. The van der Waals surface area contributed by atoms with Crippen molar-refractivity contribution in [3.8, 4) is 0 Å². The fraction of sp³-hybridized carbons (Fsp3) is 0.167. The number of carbonyl (C=O) groups is 2. The molecular formula is C12H11N5O4.